The summed E-state index contributed by atoms with van der Waals surface area (Å²) in [5.41, 5.74) is 3.53. The Morgan fingerprint density at radius 3 is 3.00 bits per heavy atom. The van der Waals surface area contributed by atoms with Crippen LogP contribution in [0.4, 0.5) is 0 Å². The number of nitrogens with zero attached hydrogens (tertiary/aromatic N) is 1. The molecule has 12 heavy (non-hydrogen) atoms. The van der Waals surface area contributed by atoms with Crippen LogP contribution in [0.25, 0.3) is 0 Å². The highest BCUT2D eigenvalue weighted by Crippen LogP contribution is 2.24. The fraction of sp³-hybridized carbons (Fsp3) is 0.286. The van der Waals surface area contributed by atoms with E-state index in [1.165, 1.54) is 0 Å². The molecule has 0 saturated heterocycles. The summed E-state index contributed by atoms with van der Waals surface area (Å²) in [7, 11) is 1.60. The average Bonchev–Trinajstić information content (AvgIpc) is 2.09. The summed E-state index contributed by atoms with van der Waals surface area (Å²) in [5.74, 6) is 5.93. The van der Waals surface area contributed by atoms with E-state index >= 15 is 0 Å². The van der Waals surface area contributed by atoms with Gasteiger partial charge in [-0.1, -0.05) is 0 Å². The van der Waals surface area contributed by atoms with Crippen LogP contribution in [0, 0.1) is 0 Å². The second kappa shape index (κ2) is 4.39. The molecule has 3 N–H and O–H groups in total. The van der Waals surface area contributed by atoms with Gasteiger partial charge in [0, 0.05) is 22.8 Å². The molecule has 66 valence electrons. The molecule has 0 amide bonds. The number of pyridine rings is 1. The van der Waals surface area contributed by atoms with Crippen LogP contribution >= 0.6 is 15.9 Å². The highest BCUT2D eigenvalue weighted by molar-refractivity contribution is 9.10. The van der Waals surface area contributed by atoms with Crippen LogP contribution < -0.4 is 16.0 Å². The molecule has 0 aliphatic rings. The van der Waals surface area contributed by atoms with Crippen LogP contribution in [-0.2, 0) is 6.54 Å². The normalized spacial score (nSPS) is 9.92. The quantitative estimate of drug-likeness (QED) is 0.598. The van der Waals surface area contributed by atoms with Crippen molar-refractivity contribution < 1.29 is 4.74 Å². The molecule has 0 fully saturated rings. The maximum Gasteiger partial charge on any atom is 0.142 e. The molecular formula is C7H10BrN3O. The standard InChI is InChI=1S/C7H10BrN3O/c1-12-7-4-10-3-6(8)5(7)2-11-9/h3-4,11H,2,9H2,1H3. The largest absolute Gasteiger partial charge is 0.495 e. The number of methoxy groups -OCH3 is 1. The maximum absolute atomic E-state index is 5.21. The van der Waals surface area contributed by atoms with Gasteiger partial charge in [0.25, 0.3) is 0 Å². The van der Waals surface area contributed by atoms with E-state index in [-0.39, 0.29) is 0 Å². The third kappa shape index (κ3) is 1.94. The van der Waals surface area contributed by atoms with Crippen molar-refractivity contribution >= 4 is 15.9 Å². The topological polar surface area (TPSA) is 60.2 Å². The molecule has 0 aromatic carbocycles. The fourth-order valence-corrected chi connectivity index (χ4v) is 1.35. The highest BCUT2D eigenvalue weighted by atomic mass is 79.9. The Hall–Kier alpha value is -0.650. The predicted octanol–water partition coefficient (Wildman–Crippen LogP) is 0.816. The van der Waals surface area contributed by atoms with Crippen LogP contribution in [0.5, 0.6) is 5.75 Å². The summed E-state index contributed by atoms with van der Waals surface area (Å²) < 4.78 is 5.98. The van der Waals surface area contributed by atoms with Gasteiger partial charge in [-0.2, -0.15) is 0 Å². The van der Waals surface area contributed by atoms with Crippen LogP contribution in [0.15, 0.2) is 16.9 Å². The second-order valence-electron chi connectivity index (χ2n) is 2.18. The SMILES string of the molecule is COc1cncc(Br)c1CNN. The number of nitrogens with one attached hydrogen (secondary N) is 1. The van der Waals surface area contributed by atoms with Crippen molar-refractivity contribution in [1.82, 2.24) is 10.4 Å². The third-order valence-electron chi connectivity index (χ3n) is 1.46. The van der Waals surface area contributed by atoms with Gasteiger partial charge >= 0.3 is 0 Å². The minimum absolute atomic E-state index is 0.548. The van der Waals surface area contributed by atoms with Crippen molar-refractivity contribution in [1.29, 1.82) is 0 Å². The molecule has 0 spiro atoms. The summed E-state index contributed by atoms with van der Waals surface area (Å²) in [4.78, 5) is 3.96. The van der Waals surface area contributed by atoms with Crippen molar-refractivity contribution in [2.24, 2.45) is 5.84 Å². The van der Waals surface area contributed by atoms with E-state index in [9.17, 15) is 0 Å². The van der Waals surface area contributed by atoms with E-state index in [4.69, 9.17) is 10.6 Å². The van der Waals surface area contributed by atoms with E-state index in [2.05, 4.69) is 26.3 Å². The van der Waals surface area contributed by atoms with Gasteiger partial charge in [-0.15, -0.1) is 0 Å². The van der Waals surface area contributed by atoms with E-state index in [1.807, 2.05) is 0 Å². The molecule has 5 heteroatoms. The highest BCUT2D eigenvalue weighted by Gasteiger charge is 2.05. The molecule has 0 atom stereocenters. The Bertz CT molecular complexity index is 267. The average molecular weight is 232 g/mol. The van der Waals surface area contributed by atoms with Crippen molar-refractivity contribution in [2.75, 3.05) is 7.11 Å². The predicted molar refractivity (Wildman–Crippen MR) is 49.5 cm³/mol. The van der Waals surface area contributed by atoms with Gasteiger partial charge in [0.2, 0.25) is 0 Å². The first-order valence-electron chi connectivity index (χ1n) is 3.39. The summed E-state index contributed by atoms with van der Waals surface area (Å²) in [6.45, 7) is 0.548. The first kappa shape index (κ1) is 9.44. The lowest BCUT2D eigenvalue weighted by Gasteiger charge is -2.08. The zero-order valence-electron chi connectivity index (χ0n) is 6.67. The second-order valence-corrected chi connectivity index (χ2v) is 3.04. The molecule has 0 unspecified atom stereocenters. The lowest BCUT2D eigenvalue weighted by Crippen LogP contribution is -2.21. The molecule has 0 bridgehead atoms. The minimum atomic E-state index is 0.548. The van der Waals surface area contributed by atoms with Gasteiger partial charge < -0.3 is 4.74 Å². The molecule has 0 aliphatic heterocycles. The molecule has 0 aliphatic carbocycles. The molecule has 1 aromatic heterocycles. The summed E-state index contributed by atoms with van der Waals surface area (Å²) >= 11 is 3.35. The van der Waals surface area contributed by atoms with Crippen molar-refractivity contribution in [3.63, 3.8) is 0 Å². The van der Waals surface area contributed by atoms with Crippen molar-refractivity contribution in [2.45, 2.75) is 6.54 Å². The lowest BCUT2D eigenvalue weighted by molar-refractivity contribution is 0.405. The fourth-order valence-electron chi connectivity index (χ4n) is 0.893. The number of halogens is 1. The van der Waals surface area contributed by atoms with E-state index in [1.54, 1.807) is 19.5 Å². The summed E-state index contributed by atoms with van der Waals surface area (Å²) in [5, 5.41) is 0. The molecule has 1 heterocycles. The number of nitrogens with two attached hydrogens (primary N) is 1. The number of ether oxygens (including phenoxy) is 1. The summed E-state index contributed by atoms with van der Waals surface area (Å²) in [6, 6.07) is 0. The molecular weight excluding hydrogens is 222 g/mol. The molecule has 1 rings (SSSR count). The van der Waals surface area contributed by atoms with Gasteiger partial charge in [-0.05, 0) is 15.9 Å². The Balaban J connectivity index is 3.02. The monoisotopic (exact) mass is 231 g/mol. The number of hydrogen-bond acceptors (Lipinski definition) is 4. The van der Waals surface area contributed by atoms with Crippen LogP contribution in [-0.4, -0.2) is 12.1 Å². The molecule has 0 radical (unpaired) electrons. The van der Waals surface area contributed by atoms with E-state index < -0.39 is 0 Å². The van der Waals surface area contributed by atoms with Gasteiger partial charge in [0.1, 0.15) is 5.75 Å². The number of aromatic nitrogens is 1. The zero-order chi connectivity index (χ0) is 8.97. The van der Waals surface area contributed by atoms with E-state index in [0.29, 0.717) is 6.54 Å². The molecule has 0 saturated carbocycles. The Morgan fingerprint density at radius 2 is 2.42 bits per heavy atom. The molecule has 4 nitrogen and oxygen atoms in total. The maximum atomic E-state index is 5.21. The number of hydrogen-bond donors (Lipinski definition) is 2. The Kier molecular flexibility index (Phi) is 3.46. The Labute approximate surface area is 79.2 Å². The summed E-state index contributed by atoms with van der Waals surface area (Å²) in [6.07, 6.45) is 3.35. The zero-order valence-corrected chi connectivity index (χ0v) is 8.26. The Morgan fingerprint density at radius 1 is 1.67 bits per heavy atom. The van der Waals surface area contributed by atoms with Gasteiger partial charge in [-0.25, -0.2) is 0 Å². The van der Waals surface area contributed by atoms with E-state index in [0.717, 1.165) is 15.8 Å². The minimum Gasteiger partial charge on any atom is -0.495 e. The van der Waals surface area contributed by atoms with Crippen LogP contribution in [0.1, 0.15) is 5.56 Å². The van der Waals surface area contributed by atoms with Crippen LogP contribution in [0.3, 0.4) is 0 Å². The van der Waals surface area contributed by atoms with Gasteiger partial charge in [-0.3, -0.25) is 16.3 Å². The van der Waals surface area contributed by atoms with Crippen molar-refractivity contribution in [3.8, 4) is 5.75 Å². The number of hydrazine groups is 1. The van der Waals surface area contributed by atoms with Gasteiger partial charge in [0.15, 0.2) is 0 Å². The first-order chi connectivity index (χ1) is 5.79. The first-order valence-corrected chi connectivity index (χ1v) is 4.18. The lowest BCUT2D eigenvalue weighted by atomic mass is 10.2. The van der Waals surface area contributed by atoms with Gasteiger partial charge in [0.05, 0.1) is 13.3 Å². The van der Waals surface area contributed by atoms with Crippen molar-refractivity contribution in [3.05, 3.63) is 22.4 Å². The van der Waals surface area contributed by atoms with Crippen LogP contribution in [0.2, 0.25) is 0 Å². The smallest absolute Gasteiger partial charge is 0.142 e. The third-order valence-corrected chi connectivity index (χ3v) is 2.15. The number of rotatable bonds is 3. The molecule has 1 aromatic rings.